The van der Waals surface area contributed by atoms with Crippen molar-refractivity contribution in [1.82, 2.24) is 10.2 Å². The molecule has 1 saturated heterocycles. The molecule has 0 aromatic heterocycles. The molecular formula is C25H31N3O3S. The zero-order valence-electron chi connectivity index (χ0n) is 18.7. The quantitative estimate of drug-likeness (QED) is 0.640. The van der Waals surface area contributed by atoms with Gasteiger partial charge < -0.3 is 15.5 Å². The summed E-state index contributed by atoms with van der Waals surface area (Å²) in [5.41, 5.74) is 2.08. The maximum atomic E-state index is 13.0. The first kappa shape index (κ1) is 23.9. The van der Waals surface area contributed by atoms with Crippen molar-refractivity contribution in [3.8, 4) is 0 Å². The first-order valence-corrected chi connectivity index (χ1v) is 12.2. The zero-order chi connectivity index (χ0) is 22.9. The Hall–Kier alpha value is -2.80. The minimum Gasteiger partial charge on any atom is -0.341 e. The van der Waals surface area contributed by atoms with Gasteiger partial charge >= 0.3 is 0 Å². The van der Waals surface area contributed by atoms with E-state index in [0.717, 1.165) is 36.6 Å². The summed E-state index contributed by atoms with van der Waals surface area (Å²) in [6.07, 6.45) is 1.12. The monoisotopic (exact) mass is 453 g/mol. The van der Waals surface area contributed by atoms with Gasteiger partial charge in [0, 0.05) is 35.8 Å². The largest absolute Gasteiger partial charge is 0.341 e. The van der Waals surface area contributed by atoms with Gasteiger partial charge in [-0.2, -0.15) is 11.8 Å². The van der Waals surface area contributed by atoms with Crippen LogP contribution in [0, 0.1) is 5.92 Å². The predicted octanol–water partition coefficient (Wildman–Crippen LogP) is 3.59. The highest BCUT2D eigenvalue weighted by atomic mass is 32.2. The second-order valence-electron chi connectivity index (χ2n) is 8.06. The average molecular weight is 454 g/mol. The second kappa shape index (κ2) is 11.7. The molecular weight excluding hydrogens is 422 g/mol. The van der Waals surface area contributed by atoms with Gasteiger partial charge in [-0.1, -0.05) is 50.6 Å². The third kappa shape index (κ3) is 6.60. The lowest BCUT2D eigenvalue weighted by Gasteiger charge is -2.26. The fourth-order valence-electron chi connectivity index (χ4n) is 3.54. The van der Waals surface area contributed by atoms with Crippen molar-refractivity contribution in [3.05, 3.63) is 65.7 Å². The van der Waals surface area contributed by atoms with E-state index in [0.29, 0.717) is 17.7 Å². The van der Waals surface area contributed by atoms with Crippen LogP contribution in [0.2, 0.25) is 0 Å². The molecule has 1 aliphatic heterocycles. The molecule has 0 saturated carbocycles. The second-order valence-corrected chi connectivity index (χ2v) is 9.28. The lowest BCUT2D eigenvalue weighted by molar-refractivity contribution is -0.130. The van der Waals surface area contributed by atoms with Gasteiger partial charge in [-0.25, -0.2) is 0 Å². The highest BCUT2D eigenvalue weighted by molar-refractivity contribution is 7.99. The van der Waals surface area contributed by atoms with Crippen LogP contribution in [-0.4, -0.2) is 53.3 Å². The number of carbonyl (C=O) groups is 3. The molecule has 0 bridgehead atoms. The van der Waals surface area contributed by atoms with Crippen molar-refractivity contribution < 1.29 is 14.4 Å². The maximum absolute atomic E-state index is 13.0. The van der Waals surface area contributed by atoms with Crippen molar-refractivity contribution in [1.29, 1.82) is 0 Å². The van der Waals surface area contributed by atoms with E-state index in [4.69, 9.17) is 0 Å². The Balaban J connectivity index is 1.60. The van der Waals surface area contributed by atoms with Crippen LogP contribution < -0.4 is 10.6 Å². The third-order valence-electron chi connectivity index (χ3n) is 5.76. The lowest BCUT2D eigenvalue weighted by Crippen LogP contribution is -2.47. The summed E-state index contributed by atoms with van der Waals surface area (Å²) in [7, 11) is 0. The molecule has 3 amide bonds. The van der Waals surface area contributed by atoms with E-state index in [1.165, 1.54) is 0 Å². The van der Waals surface area contributed by atoms with E-state index in [9.17, 15) is 14.4 Å². The number of thioether (sulfide) groups is 1. The van der Waals surface area contributed by atoms with Crippen molar-refractivity contribution >= 4 is 35.2 Å². The standard InChI is InChI=1S/C25H31N3O3S/c1-3-18(2)23(27-24(30)20-7-5-4-6-8-20)25(31)26-21-11-9-19(10-12-21)17-22(29)28-13-15-32-16-14-28/h4-12,18,23H,3,13-17H2,1-2H3,(H,26,31)(H,27,30). The normalized spacial score (nSPS) is 15.5. The Morgan fingerprint density at radius 3 is 2.28 bits per heavy atom. The molecule has 2 aromatic carbocycles. The number of nitrogens with zero attached hydrogens (tertiary/aromatic N) is 1. The summed E-state index contributed by atoms with van der Waals surface area (Å²) in [5, 5.41) is 5.78. The van der Waals surface area contributed by atoms with Gasteiger partial charge in [0.15, 0.2) is 0 Å². The number of nitrogens with one attached hydrogen (secondary N) is 2. The first-order chi connectivity index (χ1) is 15.5. The minimum absolute atomic E-state index is 0.0257. The first-order valence-electron chi connectivity index (χ1n) is 11.1. The van der Waals surface area contributed by atoms with Crippen LogP contribution in [0.5, 0.6) is 0 Å². The molecule has 170 valence electrons. The van der Waals surface area contributed by atoms with Crippen molar-refractivity contribution in [2.75, 3.05) is 29.9 Å². The smallest absolute Gasteiger partial charge is 0.251 e. The fourth-order valence-corrected chi connectivity index (χ4v) is 4.44. The Morgan fingerprint density at radius 1 is 1.00 bits per heavy atom. The van der Waals surface area contributed by atoms with Gasteiger partial charge in [-0.15, -0.1) is 0 Å². The Bertz CT molecular complexity index is 912. The zero-order valence-corrected chi connectivity index (χ0v) is 19.5. The number of carbonyl (C=O) groups excluding carboxylic acids is 3. The molecule has 1 fully saturated rings. The number of hydrogen-bond acceptors (Lipinski definition) is 4. The van der Waals surface area contributed by atoms with E-state index in [1.54, 1.807) is 36.4 Å². The average Bonchev–Trinajstić information content (AvgIpc) is 2.84. The van der Waals surface area contributed by atoms with Gasteiger partial charge in [-0.05, 0) is 35.7 Å². The van der Waals surface area contributed by atoms with Crippen LogP contribution >= 0.6 is 11.8 Å². The maximum Gasteiger partial charge on any atom is 0.251 e. The van der Waals surface area contributed by atoms with E-state index in [1.807, 2.05) is 48.7 Å². The summed E-state index contributed by atoms with van der Waals surface area (Å²) < 4.78 is 0. The number of amides is 3. The molecule has 2 atom stereocenters. The van der Waals surface area contributed by atoms with Gasteiger partial charge in [0.1, 0.15) is 6.04 Å². The van der Waals surface area contributed by atoms with Crippen LogP contribution in [0.3, 0.4) is 0 Å². The number of hydrogen-bond donors (Lipinski definition) is 2. The van der Waals surface area contributed by atoms with Crippen LogP contribution in [0.4, 0.5) is 5.69 Å². The van der Waals surface area contributed by atoms with Gasteiger partial charge in [0.05, 0.1) is 6.42 Å². The number of anilines is 1. The molecule has 1 aliphatic rings. The molecule has 2 N–H and O–H groups in total. The molecule has 7 heteroatoms. The summed E-state index contributed by atoms with van der Waals surface area (Å²) >= 11 is 1.88. The van der Waals surface area contributed by atoms with Gasteiger partial charge in [-0.3, -0.25) is 14.4 Å². The van der Waals surface area contributed by atoms with E-state index in [2.05, 4.69) is 10.6 Å². The third-order valence-corrected chi connectivity index (χ3v) is 6.70. The summed E-state index contributed by atoms with van der Waals surface area (Å²) in [4.78, 5) is 39.9. The van der Waals surface area contributed by atoms with E-state index in [-0.39, 0.29) is 23.6 Å². The van der Waals surface area contributed by atoms with Gasteiger partial charge in [0.25, 0.3) is 5.91 Å². The molecule has 1 heterocycles. The molecule has 2 aromatic rings. The summed E-state index contributed by atoms with van der Waals surface area (Å²) in [6, 6.07) is 15.6. The SMILES string of the molecule is CCC(C)C(NC(=O)c1ccccc1)C(=O)Nc1ccc(CC(=O)N2CCSCC2)cc1. The van der Waals surface area contributed by atoms with Crippen LogP contribution in [0.15, 0.2) is 54.6 Å². The van der Waals surface area contributed by atoms with Crippen LogP contribution in [-0.2, 0) is 16.0 Å². The van der Waals surface area contributed by atoms with Crippen molar-refractivity contribution in [3.63, 3.8) is 0 Å². The minimum atomic E-state index is -0.647. The molecule has 2 unspecified atom stereocenters. The molecule has 0 aliphatic carbocycles. The summed E-state index contributed by atoms with van der Waals surface area (Å²) in [6.45, 7) is 5.56. The number of benzene rings is 2. The fraction of sp³-hybridized carbons (Fsp3) is 0.400. The Kier molecular flexibility index (Phi) is 8.73. The molecule has 0 radical (unpaired) electrons. The van der Waals surface area contributed by atoms with E-state index < -0.39 is 6.04 Å². The Labute approximate surface area is 194 Å². The summed E-state index contributed by atoms with van der Waals surface area (Å²) in [5.74, 6) is 1.59. The van der Waals surface area contributed by atoms with Crippen LogP contribution in [0.25, 0.3) is 0 Å². The predicted molar refractivity (Wildman–Crippen MR) is 130 cm³/mol. The van der Waals surface area contributed by atoms with Crippen LogP contribution in [0.1, 0.15) is 36.2 Å². The highest BCUT2D eigenvalue weighted by Crippen LogP contribution is 2.16. The highest BCUT2D eigenvalue weighted by Gasteiger charge is 2.26. The molecule has 0 spiro atoms. The van der Waals surface area contributed by atoms with E-state index >= 15 is 0 Å². The molecule has 6 nitrogen and oxygen atoms in total. The van der Waals surface area contributed by atoms with Crippen molar-refractivity contribution in [2.24, 2.45) is 5.92 Å². The number of rotatable bonds is 8. The molecule has 32 heavy (non-hydrogen) atoms. The topological polar surface area (TPSA) is 78.5 Å². The molecule has 3 rings (SSSR count). The Morgan fingerprint density at radius 2 is 1.66 bits per heavy atom. The van der Waals surface area contributed by atoms with Crippen molar-refractivity contribution in [2.45, 2.75) is 32.7 Å². The van der Waals surface area contributed by atoms with Gasteiger partial charge in [0.2, 0.25) is 11.8 Å². The lowest BCUT2D eigenvalue weighted by atomic mass is 9.97.